The highest BCUT2D eigenvalue weighted by Gasteiger charge is 2.65. The van der Waals surface area contributed by atoms with Crippen molar-refractivity contribution in [1.82, 2.24) is 4.31 Å². The molecular weight excluding hydrogens is 512 g/mol. The smallest absolute Gasteiger partial charge is 0.417 e. The van der Waals surface area contributed by atoms with E-state index in [2.05, 4.69) is 0 Å². The van der Waals surface area contributed by atoms with E-state index in [1.807, 2.05) is 0 Å². The van der Waals surface area contributed by atoms with Gasteiger partial charge in [0.2, 0.25) is 10.0 Å². The van der Waals surface area contributed by atoms with Crippen LogP contribution in [0.2, 0.25) is 0 Å². The molecule has 0 radical (unpaired) electrons. The van der Waals surface area contributed by atoms with Crippen molar-refractivity contribution in [2.45, 2.75) is 44.1 Å². The van der Waals surface area contributed by atoms with Crippen LogP contribution >= 0.6 is 0 Å². The molecule has 0 saturated heterocycles. The summed E-state index contributed by atoms with van der Waals surface area (Å²) in [5, 5.41) is 0. The Hall–Kier alpha value is -3.02. The monoisotopic (exact) mass is 535 g/mol. The summed E-state index contributed by atoms with van der Waals surface area (Å²) < 4.78 is 111. The minimum Gasteiger partial charge on any atom is -0.494 e. The molecule has 196 valence electrons. The fourth-order valence-corrected chi connectivity index (χ4v) is 5.30. The van der Waals surface area contributed by atoms with Gasteiger partial charge in [-0.15, -0.1) is 0 Å². The number of ether oxygens (including phenoxy) is 1. The van der Waals surface area contributed by atoms with E-state index in [4.69, 9.17) is 4.74 Å². The van der Waals surface area contributed by atoms with Gasteiger partial charge >= 0.3 is 12.4 Å². The Morgan fingerprint density at radius 2 is 1.56 bits per heavy atom. The van der Waals surface area contributed by atoms with Crippen LogP contribution in [0.1, 0.15) is 36.0 Å². The maximum atomic E-state index is 14.8. The number of carbonyl (C=O) groups is 1. The van der Waals surface area contributed by atoms with Gasteiger partial charge in [0.25, 0.3) is 5.91 Å². The van der Waals surface area contributed by atoms with Gasteiger partial charge in [0.1, 0.15) is 5.75 Å². The molecule has 2 aromatic rings. The normalized spacial score (nSPS) is 19.3. The largest absolute Gasteiger partial charge is 0.494 e. The van der Waals surface area contributed by atoms with E-state index in [1.165, 1.54) is 0 Å². The van der Waals surface area contributed by atoms with Gasteiger partial charge < -0.3 is 4.74 Å². The van der Waals surface area contributed by atoms with Crippen LogP contribution in [-0.4, -0.2) is 43.8 Å². The lowest BCUT2D eigenvalue weighted by molar-refractivity contribution is -0.221. The molecule has 1 unspecified atom stereocenters. The summed E-state index contributed by atoms with van der Waals surface area (Å²) in [5.41, 5.74) is -2.60. The van der Waals surface area contributed by atoms with Gasteiger partial charge in [0.15, 0.2) is 5.54 Å². The quantitative estimate of drug-likeness (QED) is 0.335. The average Bonchev–Trinajstić information content (AvgIpc) is 2.74. The van der Waals surface area contributed by atoms with Crippen LogP contribution in [0.25, 0.3) is 5.57 Å². The van der Waals surface area contributed by atoms with Crippen LogP contribution < -0.4 is 4.74 Å². The van der Waals surface area contributed by atoms with E-state index >= 15 is 0 Å². The summed E-state index contributed by atoms with van der Waals surface area (Å²) in [7, 11) is -4.69. The lowest BCUT2D eigenvalue weighted by Crippen LogP contribution is -2.61. The molecule has 1 aliphatic heterocycles. The zero-order chi connectivity index (χ0) is 26.9. The predicted octanol–water partition coefficient (Wildman–Crippen LogP) is 5.75. The number of carbonyl (C=O) groups excluding carboxylic acids is 1. The third-order valence-corrected chi connectivity index (χ3v) is 6.87. The maximum absolute atomic E-state index is 14.8. The second-order valence-corrected chi connectivity index (χ2v) is 10.4. The summed E-state index contributed by atoms with van der Waals surface area (Å²) in [4.78, 5) is 12.9. The van der Waals surface area contributed by atoms with Crippen molar-refractivity contribution in [3.8, 4) is 5.75 Å². The average molecular weight is 536 g/mol. The molecule has 0 bridgehead atoms. The first-order chi connectivity index (χ1) is 16.5. The standard InChI is InChI=1S/C24H23F6NO4S/c1-16-4-6-17(7-5-16)18-14-21(32)31(36(2,33)34)22(15-18,24(28,29)30)19-8-10-20(11-9-19)35-13-3-12-23(25,26)27/h4-11,14H,3,12-13,15H2,1-2H3. The number of hydrogen-bond donors (Lipinski definition) is 0. The van der Waals surface area contributed by atoms with E-state index in [-0.39, 0.29) is 28.7 Å². The summed E-state index contributed by atoms with van der Waals surface area (Å²) in [6, 6.07) is 10.5. The zero-order valence-corrected chi connectivity index (χ0v) is 20.1. The molecule has 0 fully saturated rings. The molecule has 0 spiro atoms. The molecule has 0 aromatic heterocycles. The highest BCUT2D eigenvalue weighted by atomic mass is 32.2. The van der Waals surface area contributed by atoms with E-state index in [0.717, 1.165) is 35.9 Å². The Kier molecular flexibility index (Phi) is 7.50. The third kappa shape index (κ3) is 5.85. The molecule has 0 saturated carbocycles. The molecule has 5 nitrogen and oxygen atoms in total. The third-order valence-electron chi connectivity index (χ3n) is 5.72. The first-order valence-electron chi connectivity index (χ1n) is 10.7. The lowest BCUT2D eigenvalue weighted by Gasteiger charge is -2.46. The molecule has 1 amide bonds. The zero-order valence-electron chi connectivity index (χ0n) is 19.3. The highest BCUT2D eigenvalue weighted by Crippen LogP contribution is 2.53. The molecular formula is C24H23F6NO4S. The van der Waals surface area contributed by atoms with Gasteiger partial charge in [0.05, 0.1) is 12.9 Å². The van der Waals surface area contributed by atoms with Crippen molar-refractivity contribution < 1.29 is 44.3 Å². The number of alkyl halides is 6. The first kappa shape index (κ1) is 27.6. The van der Waals surface area contributed by atoms with Crippen molar-refractivity contribution in [1.29, 1.82) is 0 Å². The number of amides is 1. The molecule has 0 aliphatic carbocycles. The fraction of sp³-hybridized carbons (Fsp3) is 0.375. The number of nitrogens with zero attached hydrogens (tertiary/aromatic N) is 1. The van der Waals surface area contributed by atoms with Crippen molar-refractivity contribution >= 4 is 21.5 Å². The molecule has 1 heterocycles. The molecule has 1 atom stereocenters. The fourth-order valence-electron chi connectivity index (χ4n) is 4.08. The van der Waals surface area contributed by atoms with Gasteiger partial charge in [-0.2, -0.15) is 26.3 Å². The number of halogens is 6. The topological polar surface area (TPSA) is 63.7 Å². The van der Waals surface area contributed by atoms with Crippen LogP contribution in [0.15, 0.2) is 54.6 Å². The Morgan fingerprint density at radius 3 is 2.06 bits per heavy atom. The van der Waals surface area contributed by atoms with Crippen molar-refractivity contribution in [3.63, 3.8) is 0 Å². The molecule has 12 heteroatoms. The Bertz CT molecular complexity index is 1240. The van der Waals surface area contributed by atoms with Gasteiger partial charge in [-0.3, -0.25) is 4.79 Å². The van der Waals surface area contributed by atoms with Gasteiger partial charge in [0, 0.05) is 18.9 Å². The van der Waals surface area contributed by atoms with E-state index in [0.29, 0.717) is 11.8 Å². The van der Waals surface area contributed by atoms with Gasteiger partial charge in [-0.25, -0.2) is 12.7 Å². The van der Waals surface area contributed by atoms with Gasteiger partial charge in [-0.05, 0) is 42.2 Å². The van der Waals surface area contributed by atoms with Crippen molar-refractivity contribution in [2.24, 2.45) is 0 Å². The van der Waals surface area contributed by atoms with Gasteiger partial charge in [-0.1, -0.05) is 42.0 Å². The van der Waals surface area contributed by atoms with Crippen LogP contribution in [0.5, 0.6) is 5.75 Å². The lowest BCUT2D eigenvalue weighted by atomic mass is 9.78. The number of aryl methyl sites for hydroxylation is 1. The van der Waals surface area contributed by atoms with E-state index in [9.17, 15) is 39.6 Å². The van der Waals surface area contributed by atoms with Crippen LogP contribution in [-0.2, 0) is 20.4 Å². The second kappa shape index (κ2) is 9.79. The minimum absolute atomic E-state index is 0.000547. The molecule has 1 aliphatic rings. The van der Waals surface area contributed by atoms with E-state index < -0.39 is 52.2 Å². The van der Waals surface area contributed by atoms with E-state index in [1.54, 1.807) is 31.2 Å². The van der Waals surface area contributed by atoms with Crippen molar-refractivity contribution in [2.75, 3.05) is 12.9 Å². The SMILES string of the molecule is Cc1ccc(C2=CC(=O)N(S(C)(=O)=O)C(c3ccc(OCCCC(F)(F)F)cc3)(C(F)(F)F)C2)cc1. The van der Waals surface area contributed by atoms with Crippen LogP contribution in [0.4, 0.5) is 26.3 Å². The first-order valence-corrected chi connectivity index (χ1v) is 12.6. The van der Waals surface area contributed by atoms with Crippen molar-refractivity contribution in [3.05, 3.63) is 71.3 Å². The van der Waals surface area contributed by atoms with Crippen LogP contribution in [0.3, 0.4) is 0 Å². The summed E-state index contributed by atoms with van der Waals surface area (Å²) in [6.07, 6.45) is -10.5. The number of benzene rings is 2. The maximum Gasteiger partial charge on any atom is 0.417 e. The Morgan fingerprint density at radius 1 is 0.972 bits per heavy atom. The Labute approximate surface area is 204 Å². The number of sulfonamides is 1. The number of hydrogen-bond acceptors (Lipinski definition) is 4. The summed E-state index contributed by atoms with van der Waals surface area (Å²) in [5.74, 6) is -1.34. The Balaban J connectivity index is 2.05. The second-order valence-electron chi connectivity index (χ2n) is 8.53. The number of rotatable bonds is 7. The summed E-state index contributed by atoms with van der Waals surface area (Å²) in [6.45, 7) is 1.46. The molecule has 3 rings (SSSR count). The molecule has 36 heavy (non-hydrogen) atoms. The minimum atomic E-state index is -5.22. The summed E-state index contributed by atoms with van der Waals surface area (Å²) >= 11 is 0. The highest BCUT2D eigenvalue weighted by molar-refractivity contribution is 7.89. The predicted molar refractivity (Wildman–Crippen MR) is 120 cm³/mol. The molecule has 0 N–H and O–H groups in total. The van der Waals surface area contributed by atoms with Crippen LogP contribution in [0, 0.1) is 6.92 Å². The molecule has 2 aromatic carbocycles.